The SMILES string of the molecule is C#C[C@H](C[C@@H]1CCCC1=O)NC(=O)[C@@H]1[C@H]2CCC[C@H]2CN1C(=O)c1cc2c(OC3CC3)cc(Cl)cc2[nH]1. The third-order valence-electron chi connectivity index (χ3n) is 8.60. The fourth-order valence-corrected chi connectivity index (χ4v) is 6.81. The highest BCUT2D eigenvalue weighted by Gasteiger charge is 2.50. The number of hydrogen-bond donors (Lipinski definition) is 2. The van der Waals surface area contributed by atoms with Crippen LogP contribution < -0.4 is 10.1 Å². The van der Waals surface area contributed by atoms with Gasteiger partial charge in [-0.25, -0.2) is 0 Å². The van der Waals surface area contributed by atoms with Crippen molar-refractivity contribution in [2.45, 2.75) is 76.0 Å². The highest BCUT2D eigenvalue weighted by Crippen LogP contribution is 2.43. The lowest BCUT2D eigenvalue weighted by Gasteiger charge is -2.28. The van der Waals surface area contributed by atoms with Crippen molar-refractivity contribution >= 4 is 40.1 Å². The number of benzene rings is 1. The molecule has 37 heavy (non-hydrogen) atoms. The normalized spacial score (nSPS) is 27.8. The number of likely N-dealkylation sites (tertiary alicyclic amines) is 1. The summed E-state index contributed by atoms with van der Waals surface area (Å²) in [5.74, 6) is 3.47. The number of terminal acetylenes is 1. The number of carbonyl (C=O) groups excluding carboxylic acids is 3. The molecule has 2 aromatic rings. The number of ether oxygens (including phenoxy) is 1. The molecular weight excluding hydrogens is 490 g/mol. The molecule has 4 fully saturated rings. The zero-order chi connectivity index (χ0) is 25.7. The summed E-state index contributed by atoms with van der Waals surface area (Å²) in [6, 6.07) is 4.29. The first-order valence-electron chi connectivity index (χ1n) is 13.5. The zero-order valence-corrected chi connectivity index (χ0v) is 21.6. The summed E-state index contributed by atoms with van der Waals surface area (Å²) < 4.78 is 6.04. The van der Waals surface area contributed by atoms with E-state index in [-0.39, 0.29) is 35.5 Å². The van der Waals surface area contributed by atoms with E-state index < -0.39 is 12.1 Å². The standard InChI is InChI=1S/C29H32ClN3O4/c1-2-19(11-16-5-4-8-25(16)34)31-28(35)27-21-7-3-6-17(21)15-33(27)29(36)24-14-22-23(32-24)12-18(30)13-26(22)37-20-9-10-20/h1,12-14,16-17,19-21,27,32H,3-11,15H2,(H,31,35)/t16-,17-,19+,21-,27-/m0/s1. The monoisotopic (exact) mass is 521 g/mol. The van der Waals surface area contributed by atoms with E-state index in [0.29, 0.717) is 41.8 Å². The molecule has 1 aromatic carbocycles. The number of halogens is 1. The van der Waals surface area contributed by atoms with E-state index in [9.17, 15) is 14.4 Å². The minimum Gasteiger partial charge on any atom is -0.490 e. The van der Waals surface area contributed by atoms with Gasteiger partial charge in [-0.15, -0.1) is 6.42 Å². The van der Waals surface area contributed by atoms with Gasteiger partial charge in [-0.3, -0.25) is 14.4 Å². The molecular formula is C29H32ClN3O4. The second kappa shape index (κ2) is 9.72. The van der Waals surface area contributed by atoms with Crippen LogP contribution in [0.4, 0.5) is 0 Å². The van der Waals surface area contributed by atoms with E-state index in [1.165, 1.54) is 0 Å². The molecule has 6 rings (SSSR count). The fraction of sp³-hybridized carbons (Fsp3) is 0.552. The summed E-state index contributed by atoms with van der Waals surface area (Å²) >= 11 is 6.32. The van der Waals surface area contributed by atoms with Gasteiger partial charge in [0, 0.05) is 29.3 Å². The molecule has 0 bridgehead atoms. The number of H-pyrrole nitrogens is 1. The first kappa shape index (κ1) is 24.4. The van der Waals surface area contributed by atoms with Crippen molar-refractivity contribution < 1.29 is 19.1 Å². The highest BCUT2D eigenvalue weighted by molar-refractivity contribution is 6.31. The van der Waals surface area contributed by atoms with Gasteiger partial charge < -0.3 is 19.9 Å². The molecule has 7 nitrogen and oxygen atoms in total. The van der Waals surface area contributed by atoms with Gasteiger partial charge >= 0.3 is 0 Å². The predicted octanol–water partition coefficient (Wildman–Crippen LogP) is 4.48. The number of Topliss-reactive ketones (excluding diaryl/α,β-unsaturated/α-hetero) is 1. The number of aromatic nitrogens is 1. The number of amides is 2. The Hall–Kier alpha value is -2.98. The van der Waals surface area contributed by atoms with Gasteiger partial charge in [0.05, 0.1) is 17.7 Å². The molecule has 0 radical (unpaired) electrons. The van der Waals surface area contributed by atoms with Crippen LogP contribution in [0.15, 0.2) is 18.2 Å². The molecule has 1 aromatic heterocycles. The van der Waals surface area contributed by atoms with E-state index >= 15 is 0 Å². The predicted molar refractivity (Wildman–Crippen MR) is 140 cm³/mol. The number of fused-ring (bicyclic) bond motifs is 2. The molecule has 1 saturated heterocycles. The number of nitrogens with one attached hydrogen (secondary N) is 2. The van der Waals surface area contributed by atoms with Gasteiger partial charge in [-0.1, -0.05) is 23.9 Å². The maximum atomic E-state index is 13.8. The Morgan fingerprint density at radius 2 is 2.03 bits per heavy atom. The minimum atomic E-state index is -0.577. The molecule has 2 heterocycles. The van der Waals surface area contributed by atoms with Crippen molar-refractivity contribution in [1.29, 1.82) is 0 Å². The van der Waals surface area contributed by atoms with E-state index in [2.05, 4.69) is 16.2 Å². The molecule has 0 spiro atoms. The molecule has 5 atom stereocenters. The molecule has 4 aliphatic rings. The Labute approximate surface area is 221 Å². The average Bonchev–Trinajstić information content (AvgIpc) is 3.22. The van der Waals surface area contributed by atoms with Crippen LogP contribution in [-0.4, -0.2) is 52.2 Å². The van der Waals surface area contributed by atoms with Crippen LogP contribution in [0.1, 0.15) is 68.3 Å². The molecule has 3 saturated carbocycles. The molecule has 2 amide bonds. The second-order valence-corrected chi connectivity index (χ2v) is 11.6. The number of ketones is 1. The van der Waals surface area contributed by atoms with Crippen LogP contribution in [0.3, 0.4) is 0 Å². The maximum absolute atomic E-state index is 13.8. The average molecular weight is 522 g/mol. The van der Waals surface area contributed by atoms with Crippen molar-refractivity contribution in [3.05, 3.63) is 28.9 Å². The number of carbonyl (C=O) groups is 3. The lowest BCUT2D eigenvalue weighted by atomic mass is 9.92. The van der Waals surface area contributed by atoms with Gasteiger partial charge in [0.1, 0.15) is 23.3 Å². The number of nitrogens with zero attached hydrogens (tertiary/aromatic N) is 1. The van der Waals surface area contributed by atoms with Gasteiger partial charge in [-0.05, 0) is 75.0 Å². The van der Waals surface area contributed by atoms with Crippen molar-refractivity contribution in [3.8, 4) is 18.1 Å². The highest BCUT2D eigenvalue weighted by atomic mass is 35.5. The summed E-state index contributed by atoms with van der Waals surface area (Å²) in [5.41, 5.74) is 1.15. The summed E-state index contributed by atoms with van der Waals surface area (Å²) in [5, 5.41) is 4.36. The Balaban J connectivity index is 1.24. The Kier molecular flexibility index (Phi) is 6.40. The number of hydrogen-bond acceptors (Lipinski definition) is 4. The minimum absolute atomic E-state index is 0.0906. The molecule has 3 aliphatic carbocycles. The topological polar surface area (TPSA) is 91.5 Å². The number of rotatable bonds is 7. The van der Waals surface area contributed by atoms with Crippen LogP contribution in [-0.2, 0) is 9.59 Å². The van der Waals surface area contributed by atoms with E-state index in [0.717, 1.165) is 55.8 Å². The first-order valence-corrected chi connectivity index (χ1v) is 13.9. The molecule has 8 heteroatoms. The Morgan fingerprint density at radius 3 is 2.76 bits per heavy atom. The fourth-order valence-electron chi connectivity index (χ4n) is 6.60. The molecule has 2 N–H and O–H groups in total. The van der Waals surface area contributed by atoms with Gasteiger partial charge in [-0.2, -0.15) is 0 Å². The third kappa shape index (κ3) is 4.72. The zero-order valence-electron chi connectivity index (χ0n) is 20.8. The van der Waals surface area contributed by atoms with E-state index in [4.69, 9.17) is 22.8 Å². The molecule has 194 valence electrons. The largest absolute Gasteiger partial charge is 0.490 e. The van der Waals surface area contributed by atoms with Crippen LogP contribution in [0.2, 0.25) is 5.02 Å². The Bertz CT molecular complexity index is 1290. The van der Waals surface area contributed by atoms with Gasteiger partial charge in [0.25, 0.3) is 5.91 Å². The summed E-state index contributed by atoms with van der Waals surface area (Å²) in [4.78, 5) is 44.5. The second-order valence-electron chi connectivity index (χ2n) is 11.1. The van der Waals surface area contributed by atoms with Gasteiger partial charge in [0.15, 0.2) is 0 Å². The Morgan fingerprint density at radius 1 is 1.19 bits per heavy atom. The third-order valence-corrected chi connectivity index (χ3v) is 8.82. The van der Waals surface area contributed by atoms with Crippen molar-refractivity contribution in [2.75, 3.05) is 6.54 Å². The molecule has 1 aliphatic heterocycles. The van der Waals surface area contributed by atoms with Crippen molar-refractivity contribution in [3.63, 3.8) is 0 Å². The maximum Gasteiger partial charge on any atom is 0.271 e. The summed E-state index contributed by atoms with van der Waals surface area (Å²) in [6.45, 7) is 0.547. The van der Waals surface area contributed by atoms with E-state index in [1.54, 1.807) is 17.0 Å². The summed E-state index contributed by atoms with van der Waals surface area (Å²) in [7, 11) is 0. The van der Waals surface area contributed by atoms with Crippen LogP contribution >= 0.6 is 11.6 Å². The quantitative estimate of drug-likeness (QED) is 0.525. The van der Waals surface area contributed by atoms with Crippen molar-refractivity contribution in [1.82, 2.24) is 15.2 Å². The van der Waals surface area contributed by atoms with Gasteiger partial charge in [0.2, 0.25) is 5.91 Å². The van der Waals surface area contributed by atoms with E-state index in [1.807, 2.05) is 6.07 Å². The lowest BCUT2D eigenvalue weighted by molar-refractivity contribution is -0.127. The first-order chi connectivity index (χ1) is 17.9. The van der Waals surface area contributed by atoms with Crippen molar-refractivity contribution in [2.24, 2.45) is 17.8 Å². The smallest absolute Gasteiger partial charge is 0.271 e. The lowest BCUT2D eigenvalue weighted by Crippen LogP contribution is -2.51. The molecule has 0 unspecified atom stereocenters. The van der Waals surface area contributed by atoms with Crippen LogP contribution in [0, 0.1) is 30.1 Å². The van der Waals surface area contributed by atoms with Crippen LogP contribution in [0.25, 0.3) is 10.9 Å². The summed E-state index contributed by atoms with van der Waals surface area (Å²) in [6.07, 6.45) is 13.7. The number of aromatic amines is 1. The van der Waals surface area contributed by atoms with Crippen LogP contribution in [0.5, 0.6) is 5.75 Å².